The minimum atomic E-state index is -0.265. The van der Waals surface area contributed by atoms with Gasteiger partial charge in [0.05, 0.1) is 5.60 Å². The van der Waals surface area contributed by atoms with Crippen LogP contribution in [0, 0.1) is 5.92 Å². The molecule has 1 amide bonds. The Morgan fingerprint density at radius 2 is 2.12 bits per heavy atom. The van der Waals surface area contributed by atoms with E-state index in [-0.39, 0.29) is 24.2 Å². The number of rotatable bonds is 4. The number of amides is 1. The predicted molar refractivity (Wildman–Crippen MR) is 65.7 cm³/mol. The Kier molecular flexibility index (Phi) is 5.06. The molecule has 1 aliphatic carbocycles. The van der Waals surface area contributed by atoms with Crippen LogP contribution in [0.25, 0.3) is 0 Å². The van der Waals surface area contributed by atoms with Crippen molar-refractivity contribution in [2.24, 2.45) is 5.92 Å². The average molecular weight is 248 g/mol. The van der Waals surface area contributed by atoms with Crippen LogP contribution < -0.4 is 5.32 Å². The van der Waals surface area contributed by atoms with Gasteiger partial charge in [-0.2, -0.15) is 0 Å². The molecule has 0 aliphatic heterocycles. The molecule has 2 unspecified atom stereocenters. The Bertz CT molecular complexity index is 238. The average Bonchev–Trinajstić information content (AvgIpc) is 2.61. The third-order valence-corrected chi connectivity index (χ3v) is 3.24. The fourth-order valence-corrected chi connectivity index (χ4v) is 2.31. The Morgan fingerprint density at radius 3 is 2.69 bits per heavy atom. The van der Waals surface area contributed by atoms with Crippen molar-refractivity contribution in [3.05, 3.63) is 0 Å². The quantitative estimate of drug-likeness (QED) is 0.775. The van der Waals surface area contributed by atoms with Gasteiger partial charge in [0.1, 0.15) is 6.61 Å². The van der Waals surface area contributed by atoms with E-state index < -0.39 is 0 Å². The summed E-state index contributed by atoms with van der Waals surface area (Å²) in [6.07, 6.45) is 3.32. The van der Waals surface area contributed by atoms with Gasteiger partial charge in [0, 0.05) is 11.9 Å². The number of carbonyl (C=O) groups is 1. The third kappa shape index (κ3) is 4.71. The molecule has 0 spiro atoms. The maximum absolute atomic E-state index is 11.6. The molecule has 1 saturated carbocycles. The molecular weight excluding hydrogens is 226 g/mol. The molecule has 1 N–H and O–H groups in total. The second kappa shape index (κ2) is 5.87. The van der Waals surface area contributed by atoms with E-state index in [4.69, 9.17) is 16.3 Å². The van der Waals surface area contributed by atoms with Gasteiger partial charge in [0.2, 0.25) is 5.91 Å². The number of halogens is 1. The van der Waals surface area contributed by atoms with Crippen molar-refractivity contribution >= 4 is 17.5 Å². The largest absolute Gasteiger partial charge is 0.366 e. The molecule has 0 bridgehead atoms. The van der Waals surface area contributed by atoms with E-state index in [1.165, 1.54) is 0 Å². The molecular formula is C12H22ClNO2. The number of hydrogen-bond donors (Lipinski definition) is 1. The first-order valence-electron chi connectivity index (χ1n) is 5.91. The van der Waals surface area contributed by atoms with Crippen molar-refractivity contribution < 1.29 is 9.53 Å². The summed E-state index contributed by atoms with van der Waals surface area (Å²) in [6, 6.07) is 0.244. The van der Waals surface area contributed by atoms with Crippen molar-refractivity contribution in [2.75, 3.05) is 12.5 Å². The van der Waals surface area contributed by atoms with Gasteiger partial charge in [-0.15, -0.1) is 11.6 Å². The van der Waals surface area contributed by atoms with Crippen LogP contribution >= 0.6 is 11.6 Å². The zero-order valence-electron chi connectivity index (χ0n) is 10.4. The summed E-state index contributed by atoms with van der Waals surface area (Å²) < 4.78 is 5.43. The summed E-state index contributed by atoms with van der Waals surface area (Å²) >= 11 is 5.85. The van der Waals surface area contributed by atoms with Crippen LogP contribution in [0.1, 0.15) is 40.0 Å². The number of ether oxygens (including phenoxy) is 1. The normalized spacial score (nSPS) is 25.8. The molecule has 2 atom stereocenters. The van der Waals surface area contributed by atoms with Crippen LogP contribution in [0.3, 0.4) is 0 Å². The zero-order chi connectivity index (χ0) is 12.2. The lowest BCUT2D eigenvalue weighted by Gasteiger charge is -2.22. The second-order valence-corrected chi connectivity index (χ2v) is 5.73. The topological polar surface area (TPSA) is 38.3 Å². The van der Waals surface area contributed by atoms with Crippen LogP contribution in [-0.2, 0) is 9.53 Å². The summed E-state index contributed by atoms with van der Waals surface area (Å²) in [4.78, 5) is 11.6. The van der Waals surface area contributed by atoms with Gasteiger partial charge in [0.25, 0.3) is 0 Å². The molecule has 1 rings (SSSR count). The molecule has 1 fully saturated rings. The molecule has 0 saturated heterocycles. The van der Waals surface area contributed by atoms with Crippen molar-refractivity contribution in [1.82, 2.24) is 5.32 Å². The first-order chi connectivity index (χ1) is 7.42. The van der Waals surface area contributed by atoms with Gasteiger partial charge < -0.3 is 10.1 Å². The molecule has 3 nitrogen and oxygen atoms in total. The number of hydrogen-bond acceptors (Lipinski definition) is 2. The maximum atomic E-state index is 11.6. The maximum Gasteiger partial charge on any atom is 0.246 e. The summed E-state index contributed by atoms with van der Waals surface area (Å²) in [5.41, 5.74) is -0.265. The highest BCUT2D eigenvalue weighted by Crippen LogP contribution is 2.26. The van der Waals surface area contributed by atoms with Crippen LogP contribution in [-0.4, -0.2) is 30.0 Å². The van der Waals surface area contributed by atoms with Gasteiger partial charge >= 0.3 is 0 Å². The summed E-state index contributed by atoms with van der Waals surface area (Å²) in [6.45, 7) is 5.96. The monoisotopic (exact) mass is 247 g/mol. The van der Waals surface area contributed by atoms with Crippen LogP contribution in [0.15, 0.2) is 0 Å². The predicted octanol–water partition coefficient (Wildman–Crippen LogP) is 2.33. The molecule has 0 aromatic carbocycles. The molecule has 16 heavy (non-hydrogen) atoms. The summed E-state index contributed by atoms with van der Waals surface area (Å²) in [7, 11) is 0. The summed E-state index contributed by atoms with van der Waals surface area (Å²) in [5.74, 6) is 1.03. The Balaban J connectivity index is 2.28. The van der Waals surface area contributed by atoms with Crippen molar-refractivity contribution in [3.8, 4) is 0 Å². The van der Waals surface area contributed by atoms with E-state index in [0.29, 0.717) is 11.8 Å². The Hall–Kier alpha value is -0.280. The molecule has 1 aliphatic rings. The fraction of sp³-hybridized carbons (Fsp3) is 0.917. The molecule has 0 heterocycles. The van der Waals surface area contributed by atoms with Crippen molar-refractivity contribution in [2.45, 2.75) is 51.7 Å². The van der Waals surface area contributed by atoms with Crippen LogP contribution in [0.2, 0.25) is 0 Å². The first kappa shape index (κ1) is 13.8. The molecule has 0 aromatic heterocycles. The van der Waals surface area contributed by atoms with Gasteiger partial charge in [0.15, 0.2) is 0 Å². The van der Waals surface area contributed by atoms with Crippen LogP contribution in [0.5, 0.6) is 0 Å². The van der Waals surface area contributed by atoms with Crippen molar-refractivity contribution in [3.63, 3.8) is 0 Å². The van der Waals surface area contributed by atoms with Crippen LogP contribution in [0.4, 0.5) is 0 Å². The fourth-order valence-electron chi connectivity index (χ4n) is 1.94. The second-order valence-electron chi connectivity index (χ2n) is 5.42. The van der Waals surface area contributed by atoms with E-state index in [1.807, 2.05) is 20.8 Å². The molecule has 4 heteroatoms. The highest BCUT2D eigenvalue weighted by Gasteiger charge is 2.27. The molecule has 94 valence electrons. The summed E-state index contributed by atoms with van der Waals surface area (Å²) in [5, 5.41) is 3.00. The highest BCUT2D eigenvalue weighted by molar-refractivity contribution is 6.18. The Morgan fingerprint density at radius 1 is 1.44 bits per heavy atom. The minimum absolute atomic E-state index is 0.0306. The molecule has 0 radical (unpaired) electrons. The lowest BCUT2D eigenvalue weighted by Crippen LogP contribution is -2.41. The number of carbonyl (C=O) groups excluding carboxylic acids is 1. The minimum Gasteiger partial charge on any atom is -0.366 e. The standard InChI is InChI=1S/C12H22ClNO2/c1-12(2,3)16-8-11(15)14-10-6-4-5-9(10)7-13/h9-10H,4-8H2,1-3H3,(H,14,15). The first-order valence-corrected chi connectivity index (χ1v) is 6.45. The van der Waals surface area contributed by atoms with Gasteiger partial charge in [-0.05, 0) is 39.5 Å². The number of alkyl halides is 1. The zero-order valence-corrected chi connectivity index (χ0v) is 11.1. The van der Waals surface area contributed by atoms with Gasteiger partial charge in [-0.1, -0.05) is 6.42 Å². The third-order valence-electron chi connectivity index (χ3n) is 2.84. The van der Waals surface area contributed by atoms with E-state index >= 15 is 0 Å². The van der Waals surface area contributed by atoms with E-state index in [0.717, 1.165) is 19.3 Å². The SMILES string of the molecule is CC(C)(C)OCC(=O)NC1CCCC1CCl. The van der Waals surface area contributed by atoms with E-state index in [2.05, 4.69) is 5.32 Å². The van der Waals surface area contributed by atoms with E-state index in [1.54, 1.807) is 0 Å². The lowest BCUT2D eigenvalue weighted by molar-refractivity contribution is -0.131. The number of nitrogens with one attached hydrogen (secondary N) is 1. The van der Waals surface area contributed by atoms with Gasteiger partial charge in [-0.3, -0.25) is 4.79 Å². The van der Waals surface area contributed by atoms with Crippen molar-refractivity contribution in [1.29, 1.82) is 0 Å². The Labute approximate surface area is 103 Å². The van der Waals surface area contributed by atoms with E-state index in [9.17, 15) is 4.79 Å². The lowest BCUT2D eigenvalue weighted by atomic mass is 10.1. The smallest absolute Gasteiger partial charge is 0.246 e. The molecule has 0 aromatic rings. The van der Waals surface area contributed by atoms with Gasteiger partial charge in [-0.25, -0.2) is 0 Å². The highest BCUT2D eigenvalue weighted by atomic mass is 35.5.